The average Bonchev–Trinajstić information content (AvgIpc) is 2.40. The summed E-state index contributed by atoms with van der Waals surface area (Å²) in [6.45, 7) is 8.25. The van der Waals surface area contributed by atoms with Crippen molar-refractivity contribution in [1.29, 1.82) is 0 Å². The van der Waals surface area contributed by atoms with E-state index in [-0.39, 0.29) is 5.60 Å². The van der Waals surface area contributed by atoms with Gasteiger partial charge in [-0.3, -0.25) is 4.79 Å². The molecular weight excluding hydrogens is 318 g/mol. The highest BCUT2D eigenvalue weighted by Gasteiger charge is 2.14. The number of benzene rings is 1. The number of carbonyl (C=O) groups is 1. The molecule has 0 amide bonds. The lowest BCUT2D eigenvalue weighted by atomic mass is 9.92. The SMILES string of the molecule is Brc1ccc([C@@H]2CCCNC2)cc1.CC(C)(C)OC=O. The van der Waals surface area contributed by atoms with Crippen LogP contribution in [0.3, 0.4) is 0 Å². The Bertz CT molecular complexity index is 392. The quantitative estimate of drug-likeness (QED) is 0.829. The number of halogens is 1. The number of hydrogen-bond donors (Lipinski definition) is 1. The van der Waals surface area contributed by atoms with Crippen LogP contribution >= 0.6 is 15.9 Å². The van der Waals surface area contributed by atoms with Gasteiger partial charge in [-0.15, -0.1) is 0 Å². The summed E-state index contributed by atoms with van der Waals surface area (Å²) in [5.74, 6) is 0.724. The van der Waals surface area contributed by atoms with Crippen molar-refractivity contribution in [1.82, 2.24) is 5.32 Å². The van der Waals surface area contributed by atoms with Gasteiger partial charge in [0.1, 0.15) is 5.60 Å². The standard InChI is InChI=1S/C11H14BrN.C5H10O2/c12-11-5-3-9(4-6-11)10-2-1-7-13-8-10;1-5(2,3)7-4-6/h3-6,10,13H,1-2,7-8H2;4H,1-3H3/t10-;/m1./s1. The van der Waals surface area contributed by atoms with Crippen molar-refractivity contribution < 1.29 is 9.53 Å². The summed E-state index contributed by atoms with van der Waals surface area (Å²) in [6.07, 6.45) is 2.63. The van der Waals surface area contributed by atoms with E-state index in [1.807, 2.05) is 20.8 Å². The summed E-state index contributed by atoms with van der Waals surface area (Å²) in [5.41, 5.74) is 1.15. The lowest BCUT2D eigenvalue weighted by molar-refractivity contribution is -0.138. The van der Waals surface area contributed by atoms with Crippen LogP contribution in [0.4, 0.5) is 0 Å². The Hall–Kier alpha value is -0.870. The molecule has 4 heteroatoms. The molecule has 1 aliphatic rings. The Morgan fingerprint density at radius 2 is 1.95 bits per heavy atom. The van der Waals surface area contributed by atoms with Crippen molar-refractivity contribution in [2.75, 3.05) is 13.1 Å². The summed E-state index contributed by atoms with van der Waals surface area (Å²) in [5, 5.41) is 3.44. The molecule has 1 atom stereocenters. The van der Waals surface area contributed by atoms with Gasteiger partial charge >= 0.3 is 0 Å². The molecule has 3 nitrogen and oxygen atoms in total. The zero-order chi connectivity index (χ0) is 15.0. The molecule has 0 saturated carbocycles. The normalized spacial score (nSPS) is 18.7. The van der Waals surface area contributed by atoms with Crippen LogP contribution in [-0.4, -0.2) is 25.2 Å². The fourth-order valence-electron chi connectivity index (χ4n) is 2.02. The Kier molecular flexibility index (Phi) is 7.24. The molecule has 0 aromatic heterocycles. The van der Waals surface area contributed by atoms with Gasteiger partial charge in [0.05, 0.1) is 0 Å². The van der Waals surface area contributed by atoms with Crippen molar-refractivity contribution in [2.45, 2.75) is 45.1 Å². The van der Waals surface area contributed by atoms with Crippen molar-refractivity contribution in [2.24, 2.45) is 0 Å². The smallest absolute Gasteiger partial charge is 0.293 e. The van der Waals surface area contributed by atoms with E-state index in [0.29, 0.717) is 6.47 Å². The zero-order valence-corrected chi connectivity index (χ0v) is 14.1. The van der Waals surface area contributed by atoms with Crippen LogP contribution in [-0.2, 0) is 9.53 Å². The molecule has 0 aliphatic carbocycles. The van der Waals surface area contributed by atoms with E-state index < -0.39 is 0 Å². The van der Waals surface area contributed by atoms with E-state index in [4.69, 9.17) is 0 Å². The van der Waals surface area contributed by atoms with Crippen LogP contribution in [0.25, 0.3) is 0 Å². The number of carbonyl (C=O) groups excluding carboxylic acids is 1. The molecule has 2 rings (SSSR count). The fourth-order valence-corrected chi connectivity index (χ4v) is 2.28. The average molecular weight is 342 g/mol. The second kappa shape index (κ2) is 8.42. The summed E-state index contributed by atoms with van der Waals surface area (Å²) < 4.78 is 5.72. The molecule has 1 saturated heterocycles. The highest BCUT2D eigenvalue weighted by Crippen LogP contribution is 2.24. The molecule has 1 aromatic rings. The maximum atomic E-state index is 9.60. The predicted octanol–water partition coefficient (Wildman–Crippen LogP) is 3.87. The second-order valence-electron chi connectivity index (χ2n) is 5.92. The fraction of sp³-hybridized carbons (Fsp3) is 0.562. The van der Waals surface area contributed by atoms with Gasteiger partial charge < -0.3 is 10.1 Å². The number of hydrogen-bond acceptors (Lipinski definition) is 3. The number of rotatable bonds is 2. The van der Waals surface area contributed by atoms with Gasteiger partial charge in [0.25, 0.3) is 6.47 Å². The lowest BCUT2D eigenvalue weighted by Gasteiger charge is -2.22. The predicted molar refractivity (Wildman–Crippen MR) is 85.9 cm³/mol. The van der Waals surface area contributed by atoms with Crippen molar-refractivity contribution >= 4 is 22.4 Å². The van der Waals surface area contributed by atoms with Crippen molar-refractivity contribution in [3.05, 3.63) is 34.3 Å². The molecule has 1 heterocycles. The van der Waals surface area contributed by atoms with Gasteiger partial charge in [-0.25, -0.2) is 0 Å². The van der Waals surface area contributed by atoms with Crippen molar-refractivity contribution in [3.63, 3.8) is 0 Å². The molecule has 112 valence electrons. The van der Waals surface area contributed by atoms with Gasteiger partial charge in [-0.2, -0.15) is 0 Å². The Morgan fingerprint density at radius 3 is 2.35 bits per heavy atom. The minimum atomic E-state index is -0.318. The molecule has 1 N–H and O–H groups in total. The van der Waals surface area contributed by atoms with Crippen LogP contribution in [0.5, 0.6) is 0 Å². The van der Waals surface area contributed by atoms with Gasteiger partial charge in [0, 0.05) is 11.0 Å². The molecule has 20 heavy (non-hydrogen) atoms. The maximum absolute atomic E-state index is 9.60. The van der Waals surface area contributed by atoms with Crippen LogP contribution in [0.1, 0.15) is 45.1 Å². The van der Waals surface area contributed by atoms with E-state index in [1.54, 1.807) is 0 Å². The zero-order valence-electron chi connectivity index (χ0n) is 12.5. The minimum absolute atomic E-state index is 0.318. The second-order valence-corrected chi connectivity index (χ2v) is 6.84. The first-order valence-corrected chi connectivity index (χ1v) is 7.79. The molecule has 1 aliphatic heterocycles. The van der Waals surface area contributed by atoms with Gasteiger partial charge in [-0.05, 0) is 63.8 Å². The van der Waals surface area contributed by atoms with Crippen LogP contribution in [0, 0.1) is 0 Å². The largest absolute Gasteiger partial charge is 0.462 e. The summed E-state index contributed by atoms with van der Waals surface area (Å²) in [7, 11) is 0. The van der Waals surface area contributed by atoms with Crippen molar-refractivity contribution in [3.8, 4) is 0 Å². The molecule has 1 fully saturated rings. The number of nitrogens with one attached hydrogen (secondary N) is 1. The minimum Gasteiger partial charge on any atom is -0.462 e. The molecule has 0 unspecified atom stereocenters. The first-order chi connectivity index (χ1) is 9.42. The maximum Gasteiger partial charge on any atom is 0.293 e. The molecule has 1 aromatic carbocycles. The molecule has 0 radical (unpaired) electrons. The van der Waals surface area contributed by atoms with E-state index in [2.05, 4.69) is 50.2 Å². The molecular formula is C16H24BrNO2. The number of piperidine rings is 1. The van der Waals surface area contributed by atoms with E-state index in [1.165, 1.54) is 29.4 Å². The molecule has 0 spiro atoms. The first-order valence-electron chi connectivity index (χ1n) is 7.00. The Labute approximate surface area is 130 Å². The van der Waals surface area contributed by atoms with Gasteiger partial charge in [-0.1, -0.05) is 28.1 Å². The topological polar surface area (TPSA) is 38.3 Å². The summed E-state index contributed by atoms with van der Waals surface area (Å²) in [4.78, 5) is 9.60. The third-order valence-electron chi connectivity index (χ3n) is 3.04. The van der Waals surface area contributed by atoms with E-state index in [9.17, 15) is 4.79 Å². The highest BCUT2D eigenvalue weighted by atomic mass is 79.9. The van der Waals surface area contributed by atoms with Crippen LogP contribution < -0.4 is 5.32 Å². The first kappa shape index (κ1) is 17.2. The Balaban J connectivity index is 0.000000246. The third kappa shape index (κ3) is 7.06. The third-order valence-corrected chi connectivity index (χ3v) is 3.57. The highest BCUT2D eigenvalue weighted by molar-refractivity contribution is 9.10. The van der Waals surface area contributed by atoms with E-state index >= 15 is 0 Å². The Morgan fingerprint density at radius 1 is 1.30 bits per heavy atom. The van der Waals surface area contributed by atoms with E-state index in [0.717, 1.165) is 12.5 Å². The van der Waals surface area contributed by atoms with Gasteiger partial charge in [0.15, 0.2) is 0 Å². The van der Waals surface area contributed by atoms with Crippen LogP contribution in [0.2, 0.25) is 0 Å². The van der Waals surface area contributed by atoms with Gasteiger partial charge in [0.2, 0.25) is 0 Å². The summed E-state index contributed by atoms with van der Waals surface area (Å²) >= 11 is 3.45. The summed E-state index contributed by atoms with van der Waals surface area (Å²) in [6, 6.07) is 8.71. The number of ether oxygens (including phenoxy) is 1. The monoisotopic (exact) mass is 341 g/mol. The molecule has 0 bridgehead atoms. The van der Waals surface area contributed by atoms with Crippen LogP contribution in [0.15, 0.2) is 28.7 Å². The lowest BCUT2D eigenvalue weighted by Crippen LogP contribution is -2.28.